The highest BCUT2D eigenvalue weighted by Crippen LogP contribution is 2.37. The van der Waals surface area contributed by atoms with Crippen molar-refractivity contribution in [2.75, 3.05) is 7.11 Å². The van der Waals surface area contributed by atoms with Crippen molar-refractivity contribution in [2.24, 2.45) is 0 Å². The molecule has 0 radical (unpaired) electrons. The number of rotatable bonds is 5. The lowest BCUT2D eigenvalue weighted by Gasteiger charge is -2.26. The van der Waals surface area contributed by atoms with Crippen molar-refractivity contribution >= 4 is 5.97 Å². The number of phenols is 1. The number of carbonyl (C=O) groups excluding carboxylic acids is 1. The van der Waals surface area contributed by atoms with Gasteiger partial charge in [-0.05, 0) is 34.9 Å². The number of hydrogen-bond acceptors (Lipinski definition) is 5. The van der Waals surface area contributed by atoms with Gasteiger partial charge >= 0.3 is 5.97 Å². The molecule has 0 aromatic heterocycles. The van der Waals surface area contributed by atoms with Crippen LogP contribution in [0, 0.1) is 0 Å². The van der Waals surface area contributed by atoms with Crippen LogP contribution in [0.1, 0.15) is 33.2 Å². The van der Waals surface area contributed by atoms with E-state index >= 15 is 0 Å². The summed E-state index contributed by atoms with van der Waals surface area (Å²) in [4.78, 5) is 12.4. The lowest BCUT2D eigenvalue weighted by molar-refractivity contribution is 0.0248. The number of carbonyl (C=O) groups is 1. The zero-order chi connectivity index (χ0) is 19.5. The van der Waals surface area contributed by atoms with Crippen molar-refractivity contribution in [3.05, 3.63) is 89.0 Å². The van der Waals surface area contributed by atoms with Crippen LogP contribution in [0.4, 0.5) is 0 Å². The number of fused-ring (bicyclic) bond motifs is 1. The van der Waals surface area contributed by atoms with Crippen LogP contribution >= 0.6 is 0 Å². The van der Waals surface area contributed by atoms with Gasteiger partial charge in [-0.2, -0.15) is 0 Å². The van der Waals surface area contributed by atoms with Gasteiger partial charge < -0.3 is 19.3 Å². The molecule has 0 aliphatic carbocycles. The van der Waals surface area contributed by atoms with Gasteiger partial charge in [0.2, 0.25) is 0 Å². The Labute approximate surface area is 163 Å². The average molecular weight is 376 g/mol. The van der Waals surface area contributed by atoms with Crippen molar-refractivity contribution < 1.29 is 24.1 Å². The van der Waals surface area contributed by atoms with Gasteiger partial charge in [0.1, 0.15) is 24.0 Å². The summed E-state index contributed by atoms with van der Waals surface area (Å²) in [5.74, 6) is 0.621. The van der Waals surface area contributed by atoms with Crippen LogP contribution in [-0.2, 0) is 17.8 Å². The second-order valence-electron chi connectivity index (χ2n) is 6.59. The second-order valence-corrected chi connectivity index (χ2v) is 6.59. The summed E-state index contributed by atoms with van der Waals surface area (Å²) >= 11 is 0. The van der Waals surface area contributed by atoms with Crippen molar-refractivity contribution in [1.29, 1.82) is 0 Å². The van der Waals surface area contributed by atoms with E-state index in [1.165, 1.54) is 6.07 Å². The Morgan fingerprint density at radius 1 is 1.04 bits per heavy atom. The first-order chi connectivity index (χ1) is 13.7. The maximum absolute atomic E-state index is 12.4. The van der Waals surface area contributed by atoms with E-state index in [-0.39, 0.29) is 11.3 Å². The number of phenolic OH excluding ortho intramolecular Hbond substituents is 1. The van der Waals surface area contributed by atoms with E-state index in [1.807, 2.05) is 54.6 Å². The fourth-order valence-corrected chi connectivity index (χ4v) is 3.35. The number of esters is 1. The van der Waals surface area contributed by atoms with E-state index in [1.54, 1.807) is 13.2 Å². The highest BCUT2D eigenvalue weighted by atomic mass is 16.5. The number of hydrogen-bond donors (Lipinski definition) is 1. The lowest BCUT2D eigenvalue weighted by atomic mass is 9.94. The molecule has 1 unspecified atom stereocenters. The van der Waals surface area contributed by atoms with E-state index in [4.69, 9.17) is 14.2 Å². The first-order valence-electron chi connectivity index (χ1n) is 9.02. The summed E-state index contributed by atoms with van der Waals surface area (Å²) in [6.07, 6.45) is 0.0340. The summed E-state index contributed by atoms with van der Waals surface area (Å²) < 4.78 is 16.9. The van der Waals surface area contributed by atoms with Gasteiger partial charge in [0.25, 0.3) is 0 Å². The molecule has 1 N–H and O–H groups in total. The highest BCUT2D eigenvalue weighted by Gasteiger charge is 2.30. The van der Waals surface area contributed by atoms with Crippen LogP contribution in [0.15, 0.2) is 66.7 Å². The van der Waals surface area contributed by atoms with E-state index in [0.717, 1.165) is 16.7 Å². The quantitative estimate of drug-likeness (QED) is 0.667. The van der Waals surface area contributed by atoms with Gasteiger partial charge in [-0.25, -0.2) is 4.79 Å². The molecule has 0 spiro atoms. The number of methoxy groups -OCH3 is 1. The smallest absolute Gasteiger partial charge is 0.342 e. The number of cyclic esters (lactones) is 1. The Morgan fingerprint density at radius 2 is 1.86 bits per heavy atom. The summed E-state index contributed by atoms with van der Waals surface area (Å²) in [7, 11) is 1.59. The largest absolute Gasteiger partial charge is 0.507 e. The summed E-state index contributed by atoms with van der Waals surface area (Å²) in [6.45, 7) is 0.405. The molecule has 3 aromatic carbocycles. The van der Waals surface area contributed by atoms with E-state index < -0.39 is 12.1 Å². The Hall–Kier alpha value is -3.47. The molecule has 28 heavy (non-hydrogen) atoms. The molecule has 0 saturated heterocycles. The third-order valence-corrected chi connectivity index (χ3v) is 4.78. The highest BCUT2D eigenvalue weighted by molar-refractivity contribution is 5.95. The zero-order valence-electron chi connectivity index (χ0n) is 15.4. The topological polar surface area (TPSA) is 65.0 Å². The average Bonchev–Trinajstić information content (AvgIpc) is 2.72. The normalized spacial score (nSPS) is 15.5. The Balaban J connectivity index is 1.59. The summed E-state index contributed by atoms with van der Waals surface area (Å²) in [5, 5.41) is 9.94. The molecule has 5 nitrogen and oxygen atoms in total. The van der Waals surface area contributed by atoms with Crippen molar-refractivity contribution in [3.63, 3.8) is 0 Å². The molecule has 142 valence electrons. The van der Waals surface area contributed by atoms with E-state index in [9.17, 15) is 9.90 Å². The van der Waals surface area contributed by atoms with Gasteiger partial charge in [-0.3, -0.25) is 0 Å². The van der Waals surface area contributed by atoms with Crippen molar-refractivity contribution in [3.8, 4) is 17.2 Å². The minimum atomic E-state index is -0.521. The van der Waals surface area contributed by atoms with Gasteiger partial charge in [0, 0.05) is 6.42 Å². The molecule has 0 saturated carbocycles. The molecule has 3 aromatic rings. The fraction of sp³-hybridized carbons (Fsp3) is 0.174. The van der Waals surface area contributed by atoms with Gasteiger partial charge in [-0.15, -0.1) is 0 Å². The minimum Gasteiger partial charge on any atom is -0.507 e. The minimum absolute atomic E-state index is 0.0532. The van der Waals surface area contributed by atoms with Crippen LogP contribution in [-0.4, -0.2) is 18.2 Å². The Kier molecular flexibility index (Phi) is 4.89. The molecule has 1 aliphatic heterocycles. The van der Waals surface area contributed by atoms with E-state index in [2.05, 4.69) is 0 Å². The first-order valence-corrected chi connectivity index (χ1v) is 9.02. The molecule has 1 aliphatic rings. The van der Waals surface area contributed by atoms with Gasteiger partial charge in [0.05, 0.1) is 7.11 Å². The molecule has 0 fully saturated rings. The molecule has 1 atom stereocenters. The van der Waals surface area contributed by atoms with Crippen LogP contribution in [0.2, 0.25) is 0 Å². The van der Waals surface area contributed by atoms with Crippen molar-refractivity contribution in [1.82, 2.24) is 0 Å². The molecule has 0 bridgehead atoms. The standard InChI is InChI=1S/C23H20O5/c1-26-19-11-10-16(12-21(19)27-14-15-6-3-2-4-7-15)20-13-17-8-5-9-18(24)22(17)23(25)28-20/h2-12,20,24H,13-14H2,1H3. The van der Waals surface area contributed by atoms with Crippen LogP contribution in [0.25, 0.3) is 0 Å². The molecule has 1 heterocycles. The van der Waals surface area contributed by atoms with E-state index in [0.29, 0.717) is 24.5 Å². The third-order valence-electron chi connectivity index (χ3n) is 4.78. The zero-order valence-corrected chi connectivity index (χ0v) is 15.4. The Morgan fingerprint density at radius 3 is 2.64 bits per heavy atom. The first kappa shape index (κ1) is 17.9. The number of aromatic hydroxyl groups is 1. The number of ether oxygens (including phenoxy) is 3. The summed E-state index contributed by atoms with van der Waals surface area (Å²) in [5.41, 5.74) is 2.87. The molecule has 0 amide bonds. The van der Waals surface area contributed by atoms with Gasteiger partial charge in [0.15, 0.2) is 11.5 Å². The number of benzene rings is 3. The molecular weight excluding hydrogens is 356 g/mol. The third kappa shape index (κ3) is 3.51. The Bertz CT molecular complexity index is 997. The van der Waals surface area contributed by atoms with Crippen LogP contribution < -0.4 is 9.47 Å². The second kappa shape index (κ2) is 7.64. The maximum atomic E-state index is 12.4. The molecule has 5 heteroatoms. The predicted molar refractivity (Wildman–Crippen MR) is 104 cm³/mol. The predicted octanol–water partition coefficient (Wildman–Crippen LogP) is 4.43. The van der Waals surface area contributed by atoms with Crippen LogP contribution in [0.5, 0.6) is 17.2 Å². The molecular formula is C23H20O5. The van der Waals surface area contributed by atoms with Crippen molar-refractivity contribution in [2.45, 2.75) is 19.1 Å². The monoisotopic (exact) mass is 376 g/mol. The lowest BCUT2D eigenvalue weighted by Crippen LogP contribution is -2.22. The van der Waals surface area contributed by atoms with Crippen LogP contribution in [0.3, 0.4) is 0 Å². The maximum Gasteiger partial charge on any atom is 0.342 e. The fourth-order valence-electron chi connectivity index (χ4n) is 3.35. The van der Waals surface area contributed by atoms with Gasteiger partial charge in [-0.1, -0.05) is 48.5 Å². The SMILES string of the molecule is COc1ccc(C2Cc3cccc(O)c3C(=O)O2)cc1OCc1ccccc1. The summed E-state index contributed by atoms with van der Waals surface area (Å²) in [6, 6.07) is 20.4. The molecule has 4 rings (SSSR count).